The van der Waals surface area contributed by atoms with Gasteiger partial charge in [-0.1, -0.05) is 36.4 Å². The van der Waals surface area contributed by atoms with Crippen molar-refractivity contribution in [1.29, 1.82) is 5.41 Å². The Morgan fingerprint density at radius 3 is 2.19 bits per heavy atom. The molecule has 9 heteroatoms. The van der Waals surface area contributed by atoms with Crippen molar-refractivity contribution in [3.05, 3.63) is 83.4 Å². The van der Waals surface area contributed by atoms with Crippen LogP contribution in [0, 0.1) is 12.3 Å². The van der Waals surface area contributed by atoms with Crippen LogP contribution in [0.3, 0.4) is 0 Å². The lowest BCUT2D eigenvalue weighted by atomic mass is 9.92. The highest BCUT2D eigenvalue weighted by atomic mass is 32.2. The van der Waals surface area contributed by atoms with E-state index in [4.69, 9.17) is 5.41 Å². The average molecular weight is 517 g/mol. The summed E-state index contributed by atoms with van der Waals surface area (Å²) in [6, 6.07) is 16.6. The van der Waals surface area contributed by atoms with Gasteiger partial charge >= 0.3 is 6.18 Å². The van der Waals surface area contributed by atoms with E-state index in [1.165, 1.54) is 38.1 Å². The molecule has 0 amide bonds. The summed E-state index contributed by atoms with van der Waals surface area (Å²) in [4.78, 5) is 4.69. The standard InChI is InChI=1S/C27H27F3N2O3S/c1-17-14-19(18-8-7-9-20(15-18)36(4,34)35)12-13-23(17)32-24(16-25(31)26(2,3)33)21-10-5-6-11-22(21)27(28,29)30/h5-15,31,33H,16H2,1-4H3. The lowest BCUT2D eigenvalue weighted by molar-refractivity contribution is -0.137. The maximum absolute atomic E-state index is 13.8. The molecule has 0 heterocycles. The first-order valence-electron chi connectivity index (χ1n) is 11.0. The summed E-state index contributed by atoms with van der Waals surface area (Å²) < 4.78 is 65.1. The molecule has 0 saturated heterocycles. The summed E-state index contributed by atoms with van der Waals surface area (Å²) in [6.45, 7) is 4.54. The topological polar surface area (TPSA) is 90.6 Å². The normalized spacial score (nSPS) is 13.1. The first kappa shape index (κ1) is 27.3. The number of aryl methyl sites for hydroxylation is 1. The number of benzene rings is 3. The average Bonchev–Trinajstić information content (AvgIpc) is 2.78. The van der Waals surface area contributed by atoms with Crippen molar-refractivity contribution in [2.24, 2.45) is 4.99 Å². The van der Waals surface area contributed by atoms with Crippen molar-refractivity contribution >= 4 is 26.9 Å². The van der Waals surface area contributed by atoms with Gasteiger partial charge in [-0.15, -0.1) is 0 Å². The van der Waals surface area contributed by atoms with Gasteiger partial charge in [0.25, 0.3) is 0 Å². The number of hydrogen-bond acceptors (Lipinski definition) is 5. The van der Waals surface area contributed by atoms with E-state index in [-0.39, 0.29) is 28.3 Å². The van der Waals surface area contributed by atoms with Gasteiger partial charge in [-0.2, -0.15) is 13.2 Å². The summed E-state index contributed by atoms with van der Waals surface area (Å²) in [5, 5.41) is 18.5. The van der Waals surface area contributed by atoms with E-state index in [0.29, 0.717) is 16.8 Å². The molecule has 0 aliphatic rings. The SMILES string of the molecule is Cc1cc(-c2cccc(S(C)(=O)=O)c2)ccc1N=C(CC(=N)C(C)(C)O)c1ccccc1C(F)(F)F. The van der Waals surface area contributed by atoms with Gasteiger partial charge in [-0.25, -0.2) is 8.42 Å². The van der Waals surface area contributed by atoms with E-state index in [1.54, 1.807) is 43.3 Å². The second kappa shape index (κ2) is 9.99. The molecule has 0 spiro atoms. The molecule has 190 valence electrons. The Bertz CT molecular complexity index is 1440. The minimum atomic E-state index is -4.63. The number of aliphatic imine (C=N–C) groups is 1. The zero-order chi connectivity index (χ0) is 26.9. The Morgan fingerprint density at radius 1 is 0.972 bits per heavy atom. The Labute approximate surface area is 208 Å². The van der Waals surface area contributed by atoms with Crippen LogP contribution in [-0.2, 0) is 16.0 Å². The van der Waals surface area contributed by atoms with Crippen LogP contribution in [-0.4, -0.2) is 36.8 Å². The maximum Gasteiger partial charge on any atom is 0.417 e. The molecule has 5 nitrogen and oxygen atoms in total. The lowest BCUT2D eigenvalue weighted by Crippen LogP contribution is -2.32. The van der Waals surface area contributed by atoms with Crippen molar-refractivity contribution < 1.29 is 26.7 Å². The van der Waals surface area contributed by atoms with Crippen LogP contribution in [0.15, 0.2) is 76.6 Å². The Morgan fingerprint density at radius 2 is 1.61 bits per heavy atom. The van der Waals surface area contributed by atoms with Crippen molar-refractivity contribution in [3.63, 3.8) is 0 Å². The van der Waals surface area contributed by atoms with E-state index in [0.717, 1.165) is 17.9 Å². The number of sulfone groups is 1. The molecular formula is C27H27F3N2O3S. The fourth-order valence-electron chi connectivity index (χ4n) is 3.57. The molecule has 0 atom stereocenters. The van der Waals surface area contributed by atoms with Gasteiger partial charge in [0, 0.05) is 24.0 Å². The molecule has 0 saturated carbocycles. The third kappa shape index (κ3) is 6.47. The number of aliphatic hydroxyl groups is 1. The molecule has 0 bridgehead atoms. The van der Waals surface area contributed by atoms with Crippen LogP contribution in [0.25, 0.3) is 11.1 Å². The molecule has 3 aromatic carbocycles. The van der Waals surface area contributed by atoms with Crippen LogP contribution in [0.1, 0.15) is 37.0 Å². The molecule has 0 aromatic heterocycles. The van der Waals surface area contributed by atoms with Gasteiger partial charge in [0.05, 0.1) is 27.5 Å². The monoisotopic (exact) mass is 516 g/mol. The number of nitrogens with one attached hydrogen (secondary N) is 1. The van der Waals surface area contributed by atoms with E-state index in [1.807, 2.05) is 0 Å². The van der Waals surface area contributed by atoms with E-state index in [2.05, 4.69) is 4.99 Å². The van der Waals surface area contributed by atoms with Gasteiger partial charge in [0.2, 0.25) is 0 Å². The summed E-state index contributed by atoms with van der Waals surface area (Å²) in [5.41, 5.74) is -0.307. The molecule has 0 fully saturated rings. The molecule has 2 N–H and O–H groups in total. The largest absolute Gasteiger partial charge is 0.417 e. The molecule has 3 rings (SSSR count). The summed E-state index contributed by atoms with van der Waals surface area (Å²) >= 11 is 0. The molecule has 3 aromatic rings. The third-order valence-corrected chi connectivity index (χ3v) is 6.78. The fourth-order valence-corrected chi connectivity index (χ4v) is 4.24. The Kier molecular flexibility index (Phi) is 7.57. The quantitative estimate of drug-likeness (QED) is 0.357. The molecule has 0 aliphatic heterocycles. The van der Waals surface area contributed by atoms with Gasteiger partial charge in [0.15, 0.2) is 9.84 Å². The van der Waals surface area contributed by atoms with E-state index >= 15 is 0 Å². The highest BCUT2D eigenvalue weighted by Gasteiger charge is 2.35. The summed E-state index contributed by atoms with van der Waals surface area (Å²) in [6.07, 6.45) is -3.78. The highest BCUT2D eigenvalue weighted by molar-refractivity contribution is 7.90. The number of hydrogen-bond donors (Lipinski definition) is 2. The van der Waals surface area contributed by atoms with Gasteiger partial charge in [0.1, 0.15) is 0 Å². The third-order valence-electron chi connectivity index (χ3n) is 5.67. The molecule has 0 radical (unpaired) electrons. The Balaban J connectivity index is 2.12. The second-order valence-electron chi connectivity index (χ2n) is 9.12. The second-order valence-corrected chi connectivity index (χ2v) is 11.1. The van der Waals surface area contributed by atoms with Crippen molar-refractivity contribution in [2.75, 3.05) is 6.26 Å². The Hall–Kier alpha value is -3.30. The van der Waals surface area contributed by atoms with Crippen molar-refractivity contribution in [2.45, 2.75) is 43.9 Å². The number of rotatable bonds is 7. The molecule has 0 unspecified atom stereocenters. The van der Waals surface area contributed by atoms with Gasteiger partial charge in [-0.3, -0.25) is 4.99 Å². The molecule has 0 aliphatic carbocycles. The maximum atomic E-state index is 13.8. The van der Waals surface area contributed by atoms with Crippen molar-refractivity contribution in [1.82, 2.24) is 0 Å². The van der Waals surface area contributed by atoms with Gasteiger partial charge < -0.3 is 10.5 Å². The highest BCUT2D eigenvalue weighted by Crippen LogP contribution is 2.34. The number of alkyl halides is 3. The van der Waals surface area contributed by atoms with Crippen LogP contribution in [0.4, 0.5) is 18.9 Å². The number of nitrogens with zero attached hydrogens (tertiary/aromatic N) is 1. The first-order valence-corrected chi connectivity index (χ1v) is 12.9. The van der Waals surface area contributed by atoms with Crippen LogP contribution < -0.4 is 0 Å². The van der Waals surface area contributed by atoms with Crippen molar-refractivity contribution in [3.8, 4) is 11.1 Å². The predicted molar refractivity (Wildman–Crippen MR) is 136 cm³/mol. The minimum Gasteiger partial charge on any atom is -0.385 e. The minimum absolute atomic E-state index is 0.00461. The van der Waals surface area contributed by atoms with Gasteiger partial charge in [-0.05, 0) is 67.8 Å². The molecular weight excluding hydrogens is 489 g/mol. The number of halogens is 3. The summed E-state index contributed by atoms with van der Waals surface area (Å²) in [7, 11) is -3.39. The van der Waals surface area contributed by atoms with E-state index < -0.39 is 27.2 Å². The zero-order valence-electron chi connectivity index (χ0n) is 20.3. The first-order chi connectivity index (χ1) is 16.6. The predicted octanol–water partition coefficient (Wildman–Crippen LogP) is 6.39. The van der Waals surface area contributed by atoms with Crippen LogP contribution in [0.2, 0.25) is 0 Å². The van der Waals surface area contributed by atoms with E-state index in [9.17, 15) is 26.7 Å². The smallest absolute Gasteiger partial charge is 0.385 e. The van der Waals surface area contributed by atoms with Crippen LogP contribution >= 0.6 is 0 Å². The van der Waals surface area contributed by atoms with Crippen LogP contribution in [0.5, 0.6) is 0 Å². The molecule has 36 heavy (non-hydrogen) atoms. The lowest BCUT2D eigenvalue weighted by Gasteiger charge is -2.21. The fraction of sp³-hybridized carbons (Fsp3) is 0.259. The zero-order valence-corrected chi connectivity index (χ0v) is 21.1. The summed E-state index contributed by atoms with van der Waals surface area (Å²) in [5.74, 6) is 0.